The number of rotatable bonds is 10. The number of ether oxygens (including phenoxy) is 4. The van der Waals surface area contributed by atoms with Gasteiger partial charge in [-0.15, -0.1) is 0 Å². The number of nitrogens with zero attached hydrogens (tertiary/aromatic N) is 5. The topological polar surface area (TPSA) is 106 Å². The standard InChI is InChI=1S/C48H49N5O6.H2/c1-29-10-11-34-17-38-23-50-42-21-46(44(57-5)19-40(42)48(55)53(38)26-36(34)12-29)59-28-32-14-30(24-51(2)3)13-31(15-32)27-58-45-20-41-39(18-43(45)56-4)47(54)52-25-35-9-7-6-8-33(35)16-37(52)22-49-41;/h6-11,13-15,18-23,29,37-38H,12,16-17,24-28H2,1-5H3;1H/t29?,37-,38?;/m0./s1. The molecule has 0 saturated carbocycles. The number of benzene rings is 4. The van der Waals surface area contributed by atoms with Gasteiger partial charge < -0.3 is 33.6 Å². The van der Waals surface area contributed by atoms with E-state index in [2.05, 4.69) is 54.3 Å². The van der Waals surface area contributed by atoms with Gasteiger partial charge in [0.1, 0.15) is 13.2 Å². The van der Waals surface area contributed by atoms with Gasteiger partial charge in [-0.2, -0.15) is 0 Å². The molecule has 2 unspecified atom stereocenters. The molecule has 9 rings (SSSR count). The lowest BCUT2D eigenvalue weighted by Crippen LogP contribution is -2.45. The Morgan fingerprint density at radius 3 is 1.85 bits per heavy atom. The van der Waals surface area contributed by atoms with Crippen LogP contribution in [-0.2, 0) is 32.7 Å². The van der Waals surface area contributed by atoms with Gasteiger partial charge in [0.05, 0.1) is 48.8 Å². The lowest BCUT2D eigenvalue weighted by atomic mass is 9.84. The predicted octanol–water partition coefficient (Wildman–Crippen LogP) is 8.28. The molecule has 4 heterocycles. The minimum absolute atomic E-state index is 0. The first kappa shape index (κ1) is 38.3. The minimum atomic E-state index is -0.131. The van der Waals surface area contributed by atoms with Gasteiger partial charge in [0.15, 0.2) is 23.0 Å². The third-order valence-corrected chi connectivity index (χ3v) is 11.8. The molecule has 3 atom stereocenters. The van der Waals surface area contributed by atoms with Crippen molar-refractivity contribution in [1.29, 1.82) is 0 Å². The van der Waals surface area contributed by atoms with Crippen molar-refractivity contribution in [3.8, 4) is 23.0 Å². The van der Waals surface area contributed by atoms with Crippen molar-refractivity contribution in [1.82, 2.24) is 14.7 Å². The van der Waals surface area contributed by atoms with Crippen molar-refractivity contribution < 1.29 is 30.0 Å². The van der Waals surface area contributed by atoms with E-state index in [0.29, 0.717) is 71.1 Å². The Morgan fingerprint density at radius 2 is 1.25 bits per heavy atom. The van der Waals surface area contributed by atoms with E-state index in [9.17, 15) is 9.59 Å². The molecule has 0 radical (unpaired) electrons. The molecule has 0 fully saturated rings. The van der Waals surface area contributed by atoms with Crippen molar-refractivity contribution in [3.05, 3.63) is 129 Å². The Bertz CT molecular complexity index is 2480. The number of hydrogen-bond acceptors (Lipinski definition) is 9. The van der Waals surface area contributed by atoms with Gasteiger partial charge in [-0.05, 0) is 96.4 Å². The smallest absolute Gasteiger partial charge is 0.257 e. The van der Waals surface area contributed by atoms with Crippen molar-refractivity contribution in [2.45, 2.75) is 64.6 Å². The molecule has 11 heteroatoms. The van der Waals surface area contributed by atoms with Gasteiger partial charge in [-0.1, -0.05) is 55.5 Å². The molecule has 11 nitrogen and oxygen atoms in total. The fourth-order valence-electron chi connectivity index (χ4n) is 8.91. The number of methoxy groups -OCH3 is 2. The summed E-state index contributed by atoms with van der Waals surface area (Å²) in [5.74, 6) is 2.28. The monoisotopic (exact) mass is 793 g/mol. The van der Waals surface area contributed by atoms with E-state index < -0.39 is 0 Å². The highest BCUT2D eigenvalue weighted by Gasteiger charge is 2.36. The van der Waals surface area contributed by atoms with Crippen LogP contribution in [0.15, 0.2) is 100 Å². The van der Waals surface area contributed by atoms with Crippen LogP contribution in [0, 0.1) is 5.92 Å². The number of amides is 2. The molecular formula is C48H51N5O6. The van der Waals surface area contributed by atoms with Crippen molar-refractivity contribution in [2.24, 2.45) is 15.9 Å². The Balaban J connectivity index is 0.00000499. The second-order valence-corrected chi connectivity index (χ2v) is 16.4. The first-order valence-electron chi connectivity index (χ1n) is 20.3. The Morgan fingerprint density at radius 1 is 0.695 bits per heavy atom. The average molecular weight is 794 g/mol. The van der Waals surface area contributed by atoms with Gasteiger partial charge in [-0.3, -0.25) is 19.6 Å². The van der Waals surface area contributed by atoms with E-state index >= 15 is 0 Å². The zero-order valence-corrected chi connectivity index (χ0v) is 34.2. The van der Waals surface area contributed by atoms with Crippen LogP contribution in [0.5, 0.6) is 23.0 Å². The van der Waals surface area contributed by atoms with Crippen LogP contribution < -0.4 is 18.9 Å². The van der Waals surface area contributed by atoms with Crippen molar-refractivity contribution >= 4 is 35.6 Å². The van der Waals surface area contributed by atoms with E-state index in [0.717, 1.165) is 41.5 Å². The van der Waals surface area contributed by atoms with Gasteiger partial charge >= 0.3 is 0 Å². The van der Waals surface area contributed by atoms with E-state index in [-0.39, 0.29) is 38.5 Å². The number of fused-ring (bicyclic) bond motifs is 5. The van der Waals surface area contributed by atoms with Crippen LogP contribution in [0.4, 0.5) is 11.4 Å². The van der Waals surface area contributed by atoms with E-state index in [1.165, 1.54) is 16.7 Å². The van der Waals surface area contributed by atoms with E-state index in [1.807, 2.05) is 54.5 Å². The SMILES string of the molecule is COc1cc2c(cc1OCc1cc(COc3cc4c(cc3OC)C(=O)N3Cc5ccccc5C[C@H]3C=N4)cc(CN(C)C)c1)N=CC1CC3=C(CC(C)C=C3)CN1C2=O.[HH]. The molecule has 4 aliphatic heterocycles. The first-order chi connectivity index (χ1) is 28.6. The highest BCUT2D eigenvalue weighted by molar-refractivity contribution is 6.04. The largest absolute Gasteiger partial charge is 0.493 e. The normalized spacial score (nSPS) is 20.2. The molecule has 0 spiro atoms. The molecule has 0 N–H and O–H groups in total. The number of aliphatic imine (C=N–C) groups is 2. The molecular weight excluding hydrogens is 743 g/mol. The summed E-state index contributed by atoms with van der Waals surface area (Å²) < 4.78 is 24.5. The lowest BCUT2D eigenvalue weighted by molar-refractivity contribution is 0.0701. The van der Waals surface area contributed by atoms with Gasteiger partial charge in [-0.25, -0.2) is 0 Å². The van der Waals surface area contributed by atoms with Crippen LogP contribution in [0.1, 0.15) is 69.7 Å². The van der Waals surface area contributed by atoms with Crippen LogP contribution in [-0.4, -0.2) is 85.9 Å². The molecule has 1 aliphatic carbocycles. The minimum Gasteiger partial charge on any atom is -0.493 e. The first-order valence-corrected chi connectivity index (χ1v) is 20.3. The molecule has 4 aromatic carbocycles. The summed E-state index contributed by atoms with van der Waals surface area (Å²) in [4.78, 5) is 43.5. The molecule has 0 bridgehead atoms. The summed E-state index contributed by atoms with van der Waals surface area (Å²) in [5, 5.41) is 0. The summed E-state index contributed by atoms with van der Waals surface area (Å²) in [6, 6.07) is 21.4. The number of carbonyl (C=O) groups excluding carboxylic acids is 2. The van der Waals surface area contributed by atoms with E-state index in [4.69, 9.17) is 28.9 Å². The van der Waals surface area contributed by atoms with Crippen LogP contribution in [0.3, 0.4) is 0 Å². The Labute approximate surface area is 346 Å². The molecule has 0 saturated heterocycles. The Kier molecular flexibility index (Phi) is 10.3. The molecule has 304 valence electrons. The number of carbonyl (C=O) groups is 2. The van der Waals surface area contributed by atoms with Crippen LogP contribution >= 0.6 is 0 Å². The third-order valence-electron chi connectivity index (χ3n) is 11.8. The zero-order valence-electron chi connectivity index (χ0n) is 34.2. The number of allylic oxidation sites excluding steroid dienone is 2. The summed E-state index contributed by atoms with van der Waals surface area (Å²) >= 11 is 0. The number of hydrogen-bond donors (Lipinski definition) is 0. The molecule has 59 heavy (non-hydrogen) atoms. The summed E-state index contributed by atoms with van der Waals surface area (Å²) in [7, 11) is 7.23. The van der Waals surface area contributed by atoms with Crippen LogP contribution in [0.2, 0.25) is 0 Å². The molecule has 0 aromatic heterocycles. The Hall–Kier alpha value is -6.20. The summed E-state index contributed by atoms with van der Waals surface area (Å²) in [5.41, 5.74) is 10.1. The van der Waals surface area contributed by atoms with E-state index in [1.54, 1.807) is 32.4 Å². The quantitative estimate of drug-likeness (QED) is 0.159. The van der Waals surface area contributed by atoms with Crippen LogP contribution in [0.25, 0.3) is 0 Å². The predicted molar refractivity (Wildman–Crippen MR) is 230 cm³/mol. The van der Waals surface area contributed by atoms with Gasteiger partial charge in [0, 0.05) is 45.6 Å². The van der Waals surface area contributed by atoms with Gasteiger partial charge in [0.25, 0.3) is 11.8 Å². The van der Waals surface area contributed by atoms with Crippen molar-refractivity contribution in [2.75, 3.05) is 34.9 Å². The maximum atomic E-state index is 14.0. The highest BCUT2D eigenvalue weighted by atomic mass is 16.5. The maximum Gasteiger partial charge on any atom is 0.257 e. The summed E-state index contributed by atoms with van der Waals surface area (Å²) in [6.45, 7) is 4.56. The average Bonchev–Trinajstić information content (AvgIpc) is 3.45. The fraction of sp³-hybridized carbons (Fsp3) is 0.333. The van der Waals surface area contributed by atoms with Gasteiger partial charge in [0.2, 0.25) is 0 Å². The second kappa shape index (κ2) is 15.9. The maximum absolute atomic E-state index is 14.0. The third kappa shape index (κ3) is 7.62. The molecule has 2 amide bonds. The lowest BCUT2D eigenvalue weighted by Gasteiger charge is -2.37. The highest BCUT2D eigenvalue weighted by Crippen LogP contribution is 2.41. The fourth-order valence-corrected chi connectivity index (χ4v) is 8.91. The van der Waals surface area contributed by atoms with Crippen molar-refractivity contribution in [3.63, 3.8) is 0 Å². The molecule has 4 aromatic rings. The summed E-state index contributed by atoms with van der Waals surface area (Å²) in [6.07, 6.45) is 10.7. The molecule has 5 aliphatic rings. The zero-order chi connectivity index (χ0) is 40.8. The second-order valence-electron chi connectivity index (χ2n) is 16.4.